The molecule has 1 aliphatic rings. The van der Waals surface area contributed by atoms with E-state index < -0.39 is 0 Å². The summed E-state index contributed by atoms with van der Waals surface area (Å²) in [6, 6.07) is 18.0. The third kappa shape index (κ3) is 5.00. The van der Waals surface area contributed by atoms with Gasteiger partial charge in [-0.1, -0.05) is 56.3 Å². The number of H-pyrrole nitrogens is 1. The molecule has 1 saturated carbocycles. The van der Waals surface area contributed by atoms with Crippen molar-refractivity contribution in [3.05, 3.63) is 60.4 Å². The van der Waals surface area contributed by atoms with E-state index in [2.05, 4.69) is 82.9 Å². The van der Waals surface area contributed by atoms with Crippen LogP contribution in [0.25, 0.3) is 22.5 Å². The van der Waals surface area contributed by atoms with Crippen molar-refractivity contribution in [2.24, 2.45) is 5.41 Å². The van der Waals surface area contributed by atoms with Gasteiger partial charge in [0.15, 0.2) is 5.82 Å². The van der Waals surface area contributed by atoms with Gasteiger partial charge in [-0.15, -0.1) is 12.4 Å². The second-order valence-electron chi connectivity index (χ2n) is 8.43. The molecule has 0 radical (unpaired) electrons. The first-order chi connectivity index (χ1) is 13.1. The maximum absolute atomic E-state index is 4.21. The first kappa shape index (κ1) is 20.6. The molecule has 148 valence electrons. The van der Waals surface area contributed by atoms with E-state index in [1.807, 2.05) is 0 Å². The van der Waals surface area contributed by atoms with Gasteiger partial charge in [0.2, 0.25) is 0 Å². The second-order valence-corrected chi connectivity index (χ2v) is 8.43. The topological polar surface area (TPSA) is 53.6 Å². The molecule has 0 spiro atoms. The first-order valence-corrected chi connectivity index (χ1v) is 9.88. The van der Waals surface area contributed by atoms with Crippen LogP contribution >= 0.6 is 12.4 Å². The highest BCUT2D eigenvalue weighted by Gasteiger charge is 2.26. The lowest BCUT2D eigenvalue weighted by Gasteiger charge is -2.34. The number of nitrogens with zero attached hydrogens (tertiary/aromatic N) is 2. The maximum atomic E-state index is 4.21. The number of nitrogens with one attached hydrogen (secondary N) is 2. The molecule has 0 saturated heterocycles. The van der Waals surface area contributed by atoms with E-state index in [4.69, 9.17) is 0 Å². The van der Waals surface area contributed by atoms with Crippen molar-refractivity contribution in [3.8, 4) is 22.5 Å². The number of rotatable bonds is 5. The van der Waals surface area contributed by atoms with E-state index >= 15 is 0 Å². The van der Waals surface area contributed by atoms with Crippen molar-refractivity contribution in [1.29, 1.82) is 0 Å². The van der Waals surface area contributed by atoms with Crippen molar-refractivity contribution < 1.29 is 0 Å². The zero-order chi connectivity index (χ0) is 18.7. The summed E-state index contributed by atoms with van der Waals surface area (Å²) in [6.45, 7) is 5.72. The SMILES string of the molecule is CC1(C)CCC(NCc2cccc(-c3ccc(-c4ncn[nH]4)cc3)c2)CC1.Cl. The molecule has 2 aromatic carbocycles. The standard InChI is InChI=1S/C23H28N4.ClH/c1-23(2)12-10-21(11-13-23)24-15-17-4-3-5-20(14-17)18-6-8-19(9-7-18)22-25-16-26-27-22;/h3-9,14,16,21,24H,10-13,15H2,1-2H3,(H,25,26,27);1H. The van der Waals surface area contributed by atoms with Gasteiger partial charge in [0.1, 0.15) is 6.33 Å². The lowest BCUT2D eigenvalue weighted by molar-refractivity contribution is 0.206. The molecular weight excluding hydrogens is 368 g/mol. The van der Waals surface area contributed by atoms with Crippen LogP contribution in [0, 0.1) is 5.41 Å². The van der Waals surface area contributed by atoms with Crippen molar-refractivity contribution in [3.63, 3.8) is 0 Å². The lowest BCUT2D eigenvalue weighted by atomic mass is 9.75. The van der Waals surface area contributed by atoms with Crippen LogP contribution in [0.2, 0.25) is 0 Å². The molecule has 1 fully saturated rings. The number of halogens is 1. The van der Waals surface area contributed by atoms with Gasteiger partial charge >= 0.3 is 0 Å². The number of benzene rings is 2. The minimum absolute atomic E-state index is 0. The highest BCUT2D eigenvalue weighted by atomic mass is 35.5. The molecule has 1 aliphatic carbocycles. The quantitative estimate of drug-likeness (QED) is 0.588. The third-order valence-corrected chi connectivity index (χ3v) is 5.77. The Balaban J connectivity index is 0.00000225. The molecule has 0 aliphatic heterocycles. The molecule has 5 heteroatoms. The number of hydrogen-bond acceptors (Lipinski definition) is 3. The van der Waals surface area contributed by atoms with Crippen LogP contribution in [-0.2, 0) is 6.54 Å². The predicted octanol–water partition coefficient (Wildman–Crippen LogP) is 5.62. The normalized spacial score (nSPS) is 16.5. The minimum atomic E-state index is 0. The Morgan fingerprint density at radius 1 is 1.00 bits per heavy atom. The summed E-state index contributed by atoms with van der Waals surface area (Å²) in [5, 5.41) is 10.6. The Labute approximate surface area is 173 Å². The summed E-state index contributed by atoms with van der Waals surface area (Å²) >= 11 is 0. The van der Waals surface area contributed by atoms with Crippen LogP contribution in [-0.4, -0.2) is 21.2 Å². The molecule has 4 rings (SSSR count). The molecule has 0 atom stereocenters. The Hall–Kier alpha value is -2.17. The largest absolute Gasteiger partial charge is 0.310 e. The highest BCUT2D eigenvalue weighted by molar-refractivity contribution is 5.85. The number of aromatic amines is 1. The smallest absolute Gasteiger partial charge is 0.155 e. The Kier molecular flexibility index (Phi) is 6.53. The Morgan fingerprint density at radius 3 is 2.39 bits per heavy atom. The Bertz CT molecular complexity index is 862. The molecule has 0 amide bonds. The van der Waals surface area contributed by atoms with E-state index in [0.29, 0.717) is 11.5 Å². The average molecular weight is 397 g/mol. The highest BCUT2D eigenvalue weighted by Crippen LogP contribution is 2.35. The van der Waals surface area contributed by atoms with Gasteiger partial charge in [0.25, 0.3) is 0 Å². The van der Waals surface area contributed by atoms with Gasteiger partial charge in [-0.25, -0.2) is 4.98 Å². The molecule has 2 N–H and O–H groups in total. The molecule has 0 unspecified atom stereocenters. The molecule has 28 heavy (non-hydrogen) atoms. The monoisotopic (exact) mass is 396 g/mol. The first-order valence-electron chi connectivity index (χ1n) is 9.88. The molecule has 4 nitrogen and oxygen atoms in total. The van der Waals surface area contributed by atoms with Gasteiger partial charge in [0, 0.05) is 18.2 Å². The summed E-state index contributed by atoms with van der Waals surface area (Å²) in [6.07, 6.45) is 6.75. The fourth-order valence-electron chi connectivity index (χ4n) is 3.89. The molecule has 1 heterocycles. The van der Waals surface area contributed by atoms with Crippen molar-refractivity contribution in [2.45, 2.75) is 52.1 Å². The molecular formula is C23H29ClN4. The molecule has 0 bridgehead atoms. The van der Waals surface area contributed by atoms with E-state index in [1.54, 1.807) is 0 Å². The van der Waals surface area contributed by atoms with E-state index in [9.17, 15) is 0 Å². The molecule has 1 aromatic heterocycles. The fraction of sp³-hybridized carbons (Fsp3) is 0.391. The summed E-state index contributed by atoms with van der Waals surface area (Å²) in [4.78, 5) is 4.21. The van der Waals surface area contributed by atoms with Crippen molar-refractivity contribution >= 4 is 12.4 Å². The van der Waals surface area contributed by atoms with Crippen LogP contribution in [0.3, 0.4) is 0 Å². The van der Waals surface area contributed by atoms with E-state index in [1.165, 1.54) is 48.7 Å². The average Bonchev–Trinajstić information content (AvgIpc) is 3.22. The minimum Gasteiger partial charge on any atom is -0.310 e. The molecule has 3 aromatic rings. The van der Waals surface area contributed by atoms with Crippen molar-refractivity contribution in [1.82, 2.24) is 20.5 Å². The maximum Gasteiger partial charge on any atom is 0.155 e. The van der Waals surface area contributed by atoms with Gasteiger partial charge in [0.05, 0.1) is 0 Å². The van der Waals surface area contributed by atoms with Crippen LogP contribution < -0.4 is 5.32 Å². The summed E-state index contributed by atoms with van der Waals surface area (Å²) < 4.78 is 0. The predicted molar refractivity (Wildman–Crippen MR) is 117 cm³/mol. The van der Waals surface area contributed by atoms with Gasteiger partial charge in [-0.2, -0.15) is 5.10 Å². The van der Waals surface area contributed by atoms with Gasteiger partial charge < -0.3 is 5.32 Å². The zero-order valence-electron chi connectivity index (χ0n) is 16.6. The van der Waals surface area contributed by atoms with Crippen LogP contribution in [0.1, 0.15) is 45.1 Å². The lowest BCUT2D eigenvalue weighted by Crippen LogP contribution is -2.35. The second kappa shape index (κ2) is 8.89. The van der Waals surface area contributed by atoms with Crippen LogP contribution in [0.4, 0.5) is 0 Å². The Morgan fingerprint density at radius 2 is 1.71 bits per heavy atom. The zero-order valence-corrected chi connectivity index (χ0v) is 17.4. The number of hydrogen-bond donors (Lipinski definition) is 2. The van der Waals surface area contributed by atoms with Crippen LogP contribution in [0.5, 0.6) is 0 Å². The summed E-state index contributed by atoms with van der Waals surface area (Å²) in [7, 11) is 0. The van der Waals surface area contributed by atoms with Gasteiger partial charge in [-0.3, -0.25) is 5.10 Å². The van der Waals surface area contributed by atoms with Gasteiger partial charge in [-0.05, 0) is 53.9 Å². The van der Waals surface area contributed by atoms with Crippen LogP contribution in [0.15, 0.2) is 54.9 Å². The summed E-state index contributed by atoms with van der Waals surface area (Å²) in [5.41, 5.74) is 5.39. The van der Waals surface area contributed by atoms with Crippen molar-refractivity contribution in [2.75, 3.05) is 0 Å². The number of aromatic nitrogens is 3. The fourth-order valence-corrected chi connectivity index (χ4v) is 3.89. The summed E-state index contributed by atoms with van der Waals surface area (Å²) in [5.74, 6) is 0.801. The third-order valence-electron chi connectivity index (χ3n) is 5.77. The van der Waals surface area contributed by atoms with E-state index in [0.717, 1.165) is 17.9 Å². The van der Waals surface area contributed by atoms with E-state index in [-0.39, 0.29) is 12.4 Å².